The van der Waals surface area contributed by atoms with Crippen molar-refractivity contribution in [3.05, 3.63) is 22.6 Å². The van der Waals surface area contributed by atoms with Crippen molar-refractivity contribution in [1.29, 1.82) is 0 Å². The van der Waals surface area contributed by atoms with Crippen LogP contribution in [0, 0.1) is 0 Å². The first-order valence-electron chi connectivity index (χ1n) is 5.30. The van der Waals surface area contributed by atoms with Crippen molar-refractivity contribution in [2.45, 2.75) is 24.2 Å². The van der Waals surface area contributed by atoms with Gasteiger partial charge < -0.3 is 24.1 Å². The number of carbonyl (C=O) groups excluding carboxylic acids is 1. The number of nitrogens with zero attached hydrogens (tertiary/aromatic N) is 3. The normalized spacial score (nSPS) is 28.5. The fourth-order valence-corrected chi connectivity index (χ4v) is 1.64. The minimum atomic E-state index is -1.65. The van der Waals surface area contributed by atoms with E-state index in [4.69, 9.17) is 19.7 Å². The van der Waals surface area contributed by atoms with Gasteiger partial charge in [0.25, 0.3) is 0 Å². The predicted molar refractivity (Wildman–Crippen MR) is 61.7 cm³/mol. The summed E-state index contributed by atoms with van der Waals surface area (Å²) in [5, 5.41) is 13.4. The van der Waals surface area contributed by atoms with Gasteiger partial charge in [-0.25, -0.2) is 0 Å². The minimum absolute atomic E-state index is 0.737. The van der Waals surface area contributed by atoms with Crippen LogP contribution in [-0.2, 0) is 23.7 Å². The lowest BCUT2D eigenvalue weighted by Gasteiger charge is -2.33. The molecular formula is C10H15N3O6. The Morgan fingerprint density at radius 1 is 1.58 bits per heavy atom. The molecule has 106 valence electrons. The second-order valence-electron chi connectivity index (χ2n) is 3.62. The minimum Gasteiger partial charge on any atom is -0.469 e. The fourth-order valence-electron chi connectivity index (χ4n) is 1.64. The molecule has 19 heavy (non-hydrogen) atoms. The van der Waals surface area contributed by atoms with Crippen LogP contribution in [0.5, 0.6) is 0 Å². The Labute approximate surface area is 109 Å². The summed E-state index contributed by atoms with van der Waals surface area (Å²) in [5.41, 5.74) is 8.44. The van der Waals surface area contributed by atoms with Crippen molar-refractivity contribution >= 4 is 5.97 Å². The molecule has 0 saturated heterocycles. The van der Waals surface area contributed by atoms with Gasteiger partial charge in [0.05, 0.1) is 7.11 Å². The van der Waals surface area contributed by atoms with Gasteiger partial charge in [-0.1, -0.05) is 5.11 Å². The van der Waals surface area contributed by atoms with Crippen LogP contribution in [0.2, 0.25) is 0 Å². The van der Waals surface area contributed by atoms with Gasteiger partial charge in [0.1, 0.15) is 6.10 Å². The highest BCUT2D eigenvalue weighted by atomic mass is 16.8. The molecular weight excluding hydrogens is 258 g/mol. The molecule has 0 saturated carbocycles. The number of aliphatic hydroxyl groups excluding tert-OH is 1. The van der Waals surface area contributed by atoms with E-state index in [0.29, 0.717) is 0 Å². The molecule has 1 heterocycles. The summed E-state index contributed by atoms with van der Waals surface area (Å²) in [6.07, 6.45) is 0.558. The van der Waals surface area contributed by atoms with Gasteiger partial charge in [-0.15, -0.1) is 0 Å². The Morgan fingerprint density at radius 2 is 2.26 bits per heavy atom. The number of ether oxygens (including phenoxy) is 4. The summed E-state index contributed by atoms with van der Waals surface area (Å²) in [7, 11) is 3.78. The SMILES string of the molecule is COC(=O)C(N=[N+]=[N-])C(O)C1(OC)C=CC(OC)O1. The highest BCUT2D eigenvalue weighted by Crippen LogP contribution is 2.31. The van der Waals surface area contributed by atoms with Crippen molar-refractivity contribution in [2.24, 2.45) is 5.11 Å². The second kappa shape index (κ2) is 6.50. The molecule has 0 aromatic heterocycles. The molecule has 0 aromatic carbocycles. The number of carbonyl (C=O) groups is 1. The first kappa shape index (κ1) is 15.4. The molecule has 1 rings (SSSR count). The third-order valence-electron chi connectivity index (χ3n) is 2.67. The lowest BCUT2D eigenvalue weighted by molar-refractivity contribution is -0.281. The van der Waals surface area contributed by atoms with Crippen LogP contribution in [0.1, 0.15) is 0 Å². The molecule has 0 radical (unpaired) electrons. The van der Waals surface area contributed by atoms with E-state index in [-0.39, 0.29) is 0 Å². The quantitative estimate of drug-likeness (QED) is 0.241. The number of esters is 1. The van der Waals surface area contributed by atoms with Crippen molar-refractivity contribution in [2.75, 3.05) is 21.3 Å². The van der Waals surface area contributed by atoms with Crippen molar-refractivity contribution in [3.8, 4) is 0 Å². The van der Waals surface area contributed by atoms with Gasteiger partial charge in [-0.3, -0.25) is 4.79 Å². The molecule has 1 N–H and O–H groups in total. The summed E-state index contributed by atoms with van der Waals surface area (Å²) in [4.78, 5) is 14.0. The van der Waals surface area contributed by atoms with Gasteiger partial charge in [-0.05, 0) is 17.7 Å². The Morgan fingerprint density at radius 3 is 2.68 bits per heavy atom. The first-order chi connectivity index (χ1) is 9.04. The van der Waals surface area contributed by atoms with Crippen LogP contribution in [-0.4, -0.2) is 56.6 Å². The first-order valence-corrected chi connectivity index (χ1v) is 5.30. The standard InChI is InChI=1S/C10H15N3O6/c1-16-6-4-5-10(18-3,19-6)8(14)7(12-13-11)9(15)17-2/h4-8,14H,1-3H3. The predicted octanol–water partition coefficient (Wildman–Crippen LogP) is 0.101. The molecule has 9 nitrogen and oxygen atoms in total. The Hall–Kier alpha value is -1.64. The molecule has 0 bridgehead atoms. The largest absolute Gasteiger partial charge is 0.469 e. The molecule has 1 aliphatic heterocycles. The zero-order chi connectivity index (χ0) is 14.5. The number of hydrogen-bond donors (Lipinski definition) is 1. The second-order valence-corrected chi connectivity index (χ2v) is 3.62. The molecule has 9 heteroatoms. The summed E-state index contributed by atoms with van der Waals surface area (Å²) in [6.45, 7) is 0. The van der Waals surface area contributed by atoms with E-state index in [0.717, 1.165) is 7.11 Å². The molecule has 4 unspecified atom stereocenters. The van der Waals surface area contributed by atoms with Crippen molar-refractivity contribution in [3.63, 3.8) is 0 Å². The zero-order valence-electron chi connectivity index (χ0n) is 10.7. The van der Waals surface area contributed by atoms with Crippen LogP contribution < -0.4 is 0 Å². The zero-order valence-corrected chi connectivity index (χ0v) is 10.7. The van der Waals surface area contributed by atoms with Crippen LogP contribution in [0.25, 0.3) is 10.4 Å². The average molecular weight is 273 g/mol. The fraction of sp³-hybridized carbons (Fsp3) is 0.700. The number of methoxy groups -OCH3 is 3. The van der Waals surface area contributed by atoms with Crippen molar-refractivity contribution < 1.29 is 28.8 Å². The van der Waals surface area contributed by atoms with E-state index >= 15 is 0 Å². The van der Waals surface area contributed by atoms with Gasteiger partial charge in [0.2, 0.25) is 5.79 Å². The lowest BCUT2D eigenvalue weighted by atomic mass is 10.0. The monoisotopic (exact) mass is 273 g/mol. The maximum Gasteiger partial charge on any atom is 0.317 e. The third kappa shape index (κ3) is 3.03. The van der Waals surface area contributed by atoms with E-state index in [1.807, 2.05) is 0 Å². The molecule has 4 atom stereocenters. The van der Waals surface area contributed by atoms with Crippen LogP contribution >= 0.6 is 0 Å². The van der Waals surface area contributed by atoms with Gasteiger partial charge >= 0.3 is 5.97 Å². The molecule has 0 aliphatic carbocycles. The van der Waals surface area contributed by atoms with E-state index in [2.05, 4.69) is 14.8 Å². The Balaban J connectivity index is 3.00. The molecule has 0 spiro atoms. The van der Waals surface area contributed by atoms with Crippen LogP contribution in [0.3, 0.4) is 0 Å². The summed E-state index contributed by atoms with van der Waals surface area (Å²) >= 11 is 0. The van der Waals surface area contributed by atoms with Crippen LogP contribution in [0.4, 0.5) is 0 Å². The Kier molecular flexibility index (Phi) is 5.28. The highest BCUT2D eigenvalue weighted by Gasteiger charge is 2.48. The summed E-state index contributed by atoms with van der Waals surface area (Å²) < 4.78 is 19.8. The van der Waals surface area contributed by atoms with Gasteiger partial charge in [-0.2, -0.15) is 0 Å². The maximum atomic E-state index is 11.5. The summed E-state index contributed by atoms with van der Waals surface area (Å²) in [5.74, 6) is -2.55. The van der Waals surface area contributed by atoms with E-state index in [9.17, 15) is 9.90 Å². The molecule has 0 amide bonds. The van der Waals surface area contributed by atoms with Crippen molar-refractivity contribution in [1.82, 2.24) is 0 Å². The maximum absolute atomic E-state index is 11.5. The molecule has 0 fully saturated rings. The number of azide groups is 1. The van der Waals surface area contributed by atoms with E-state index in [1.54, 1.807) is 0 Å². The molecule has 1 aliphatic rings. The van der Waals surface area contributed by atoms with Gasteiger partial charge in [0.15, 0.2) is 12.3 Å². The smallest absolute Gasteiger partial charge is 0.317 e. The highest BCUT2D eigenvalue weighted by molar-refractivity contribution is 5.76. The number of hydrogen-bond acceptors (Lipinski definition) is 7. The van der Waals surface area contributed by atoms with Gasteiger partial charge in [0, 0.05) is 19.1 Å². The van der Waals surface area contributed by atoms with E-state index in [1.165, 1.54) is 26.4 Å². The number of rotatable bonds is 6. The Bertz CT molecular complexity index is 408. The average Bonchev–Trinajstić information content (AvgIpc) is 2.88. The molecule has 0 aromatic rings. The topological polar surface area (TPSA) is 123 Å². The lowest BCUT2D eigenvalue weighted by Crippen LogP contribution is -2.52. The third-order valence-corrected chi connectivity index (χ3v) is 2.67. The van der Waals surface area contributed by atoms with Crippen LogP contribution in [0.15, 0.2) is 17.3 Å². The number of aliphatic hydroxyl groups is 1. The summed E-state index contributed by atoms with van der Waals surface area (Å²) in [6, 6.07) is -1.50. The van der Waals surface area contributed by atoms with E-state index < -0.39 is 30.2 Å².